The molecule has 1 heterocycles. The molecule has 0 bridgehead atoms. The van der Waals surface area contributed by atoms with Crippen LogP contribution in [0.5, 0.6) is 0 Å². The molecule has 0 amide bonds. The second-order valence-corrected chi connectivity index (χ2v) is 4.06. The van der Waals surface area contributed by atoms with Gasteiger partial charge in [0.25, 0.3) is 0 Å². The maximum atomic E-state index is 4.10. The van der Waals surface area contributed by atoms with Gasteiger partial charge in [0, 0.05) is 0 Å². The summed E-state index contributed by atoms with van der Waals surface area (Å²) >= 11 is 0. The van der Waals surface area contributed by atoms with Crippen LogP contribution >= 0.6 is 0 Å². The van der Waals surface area contributed by atoms with Crippen LogP contribution in [0, 0.1) is 6.92 Å². The van der Waals surface area contributed by atoms with Gasteiger partial charge in [-0.15, -0.1) is 5.10 Å². The summed E-state index contributed by atoms with van der Waals surface area (Å²) in [6, 6.07) is 8.30. The van der Waals surface area contributed by atoms with Gasteiger partial charge in [-0.3, -0.25) is 0 Å². The number of aromatic nitrogens is 3. The molecule has 2 rings (SSSR count). The van der Waals surface area contributed by atoms with Gasteiger partial charge in [0.05, 0.1) is 17.6 Å². The third-order valence-electron chi connectivity index (χ3n) is 2.45. The fourth-order valence-electron chi connectivity index (χ4n) is 1.52. The van der Waals surface area contributed by atoms with Gasteiger partial charge >= 0.3 is 0 Å². The predicted molar refractivity (Wildman–Crippen MR) is 60.2 cm³/mol. The fourth-order valence-corrected chi connectivity index (χ4v) is 1.52. The zero-order valence-electron chi connectivity index (χ0n) is 9.31. The van der Waals surface area contributed by atoms with E-state index in [1.54, 1.807) is 0 Å². The highest BCUT2D eigenvalue weighted by molar-refractivity contribution is 5.34. The summed E-state index contributed by atoms with van der Waals surface area (Å²) in [5.74, 6) is 0.432. The van der Waals surface area contributed by atoms with E-state index in [0.29, 0.717) is 5.92 Å². The molecule has 0 spiro atoms. The van der Waals surface area contributed by atoms with Crippen molar-refractivity contribution in [1.82, 2.24) is 15.0 Å². The Morgan fingerprint density at radius 3 is 2.40 bits per heavy atom. The third kappa shape index (κ3) is 1.91. The van der Waals surface area contributed by atoms with E-state index in [1.807, 2.05) is 10.9 Å². The Labute approximate surface area is 89.7 Å². The molecule has 1 aromatic heterocycles. The van der Waals surface area contributed by atoms with Crippen molar-refractivity contribution in [1.29, 1.82) is 0 Å². The van der Waals surface area contributed by atoms with Gasteiger partial charge < -0.3 is 0 Å². The van der Waals surface area contributed by atoms with E-state index < -0.39 is 0 Å². The number of hydrogen-bond donors (Lipinski definition) is 0. The average Bonchev–Trinajstić information content (AvgIpc) is 2.67. The number of rotatable bonds is 2. The van der Waals surface area contributed by atoms with Gasteiger partial charge in [-0.1, -0.05) is 36.8 Å². The maximum absolute atomic E-state index is 4.10. The van der Waals surface area contributed by atoms with E-state index in [-0.39, 0.29) is 0 Å². The lowest BCUT2D eigenvalue weighted by molar-refractivity contribution is 0.715. The molecule has 0 fully saturated rings. The fraction of sp³-hybridized carbons (Fsp3) is 0.333. The molecule has 0 aliphatic carbocycles. The van der Waals surface area contributed by atoms with E-state index in [9.17, 15) is 0 Å². The lowest BCUT2D eigenvalue weighted by Crippen LogP contribution is -2.03. The first kappa shape index (κ1) is 9.90. The van der Waals surface area contributed by atoms with Gasteiger partial charge in [0.15, 0.2) is 0 Å². The first-order chi connectivity index (χ1) is 7.18. The topological polar surface area (TPSA) is 30.7 Å². The Morgan fingerprint density at radius 1 is 1.13 bits per heavy atom. The number of hydrogen-bond acceptors (Lipinski definition) is 2. The summed E-state index contributed by atoms with van der Waals surface area (Å²) in [5, 5.41) is 8.06. The first-order valence-electron chi connectivity index (χ1n) is 5.16. The molecule has 0 atom stereocenters. The Morgan fingerprint density at radius 2 is 1.80 bits per heavy atom. The van der Waals surface area contributed by atoms with Gasteiger partial charge in [-0.05, 0) is 25.0 Å². The Balaban J connectivity index is 2.45. The molecule has 0 aliphatic rings. The van der Waals surface area contributed by atoms with Crippen LogP contribution in [-0.4, -0.2) is 15.0 Å². The van der Waals surface area contributed by atoms with Crippen LogP contribution in [0.25, 0.3) is 5.69 Å². The van der Waals surface area contributed by atoms with Gasteiger partial charge in [0.2, 0.25) is 0 Å². The molecule has 3 heteroatoms. The predicted octanol–water partition coefficient (Wildman–Crippen LogP) is 2.70. The van der Waals surface area contributed by atoms with Crippen LogP contribution in [0.15, 0.2) is 30.5 Å². The molecule has 0 saturated carbocycles. The van der Waals surface area contributed by atoms with Crippen molar-refractivity contribution < 1.29 is 0 Å². The van der Waals surface area contributed by atoms with Crippen LogP contribution in [-0.2, 0) is 0 Å². The van der Waals surface area contributed by atoms with E-state index >= 15 is 0 Å². The lowest BCUT2D eigenvalue weighted by atomic mass is 10.1. The molecule has 0 aliphatic heterocycles. The number of nitrogens with zero attached hydrogens (tertiary/aromatic N) is 3. The Bertz CT molecular complexity index is 440. The van der Waals surface area contributed by atoms with Crippen molar-refractivity contribution in [2.24, 2.45) is 0 Å². The van der Waals surface area contributed by atoms with E-state index in [0.717, 1.165) is 11.4 Å². The molecule has 15 heavy (non-hydrogen) atoms. The Kier molecular flexibility index (Phi) is 2.54. The average molecular weight is 201 g/mol. The molecular weight excluding hydrogens is 186 g/mol. The van der Waals surface area contributed by atoms with Gasteiger partial charge in [-0.25, -0.2) is 4.68 Å². The maximum Gasteiger partial charge on any atom is 0.0732 e. The molecule has 2 aromatic rings. The number of benzene rings is 1. The minimum absolute atomic E-state index is 0.432. The highest BCUT2D eigenvalue weighted by atomic mass is 15.4. The summed E-state index contributed by atoms with van der Waals surface area (Å²) in [6.07, 6.45) is 1.82. The molecule has 0 saturated heterocycles. The van der Waals surface area contributed by atoms with E-state index in [1.165, 1.54) is 5.56 Å². The molecule has 1 aromatic carbocycles. The Hall–Kier alpha value is -1.64. The van der Waals surface area contributed by atoms with Crippen LogP contribution in [0.4, 0.5) is 0 Å². The molecule has 0 radical (unpaired) electrons. The first-order valence-corrected chi connectivity index (χ1v) is 5.16. The molecule has 3 nitrogen and oxygen atoms in total. The smallest absolute Gasteiger partial charge is 0.0732 e. The quantitative estimate of drug-likeness (QED) is 0.748. The van der Waals surface area contributed by atoms with Crippen molar-refractivity contribution >= 4 is 0 Å². The highest BCUT2D eigenvalue weighted by Gasteiger charge is 2.08. The van der Waals surface area contributed by atoms with E-state index in [2.05, 4.69) is 55.3 Å². The zero-order valence-corrected chi connectivity index (χ0v) is 9.31. The van der Waals surface area contributed by atoms with Gasteiger partial charge in [-0.2, -0.15) is 0 Å². The van der Waals surface area contributed by atoms with Crippen molar-refractivity contribution in [2.75, 3.05) is 0 Å². The largest absolute Gasteiger partial charge is 0.217 e. The lowest BCUT2D eigenvalue weighted by Gasteiger charge is -2.08. The van der Waals surface area contributed by atoms with Crippen molar-refractivity contribution in [3.05, 3.63) is 41.7 Å². The zero-order chi connectivity index (χ0) is 10.8. The number of aryl methyl sites for hydroxylation is 1. The summed E-state index contributed by atoms with van der Waals surface area (Å²) in [7, 11) is 0. The minimum Gasteiger partial charge on any atom is -0.217 e. The van der Waals surface area contributed by atoms with Crippen molar-refractivity contribution in [2.45, 2.75) is 26.7 Å². The monoisotopic (exact) mass is 201 g/mol. The second kappa shape index (κ2) is 3.85. The summed E-state index contributed by atoms with van der Waals surface area (Å²) < 4.78 is 1.89. The van der Waals surface area contributed by atoms with Crippen molar-refractivity contribution in [3.8, 4) is 5.69 Å². The SMILES string of the molecule is Cc1ccc(-n2nncc2C(C)C)cc1. The molecule has 0 N–H and O–H groups in total. The van der Waals surface area contributed by atoms with Crippen LogP contribution < -0.4 is 0 Å². The third-order valence-corrected chi connectivity index (χ3v) is 2.45. The molecular formula is C12H15N3. The van der Waals surface area contributed by atoms with Crippen LogP contribution in [0.2, 0.25) is 0 Å². The molecule has 0 unspecified atom stereocenters. The standard InChI is InChI=1S/C12H15N3/c1-9(2)12-8-13-14-15(12)11-6-4-10(3)5-7-11/h4-9H,1-3H3. The van der Waals surface area contributed by atoms with E-state index in [4.69, 9.17) is 0 Å². The minimum atomic E-state index is 0.432. The summed E-state index contributed by atoms with van der Waals surface area (Å²) in [4.78, 5) is 0. The van der Waals surface area contributed by atoms with Crippen LogP contribution in [0.1, 0.15) is 31.0 Å². The van der Waals surface area contributed by atoms with Crippen molar-refractivity contribution in [3.63, 3.8) is 0 Å². The summed E-state index contributed by atoms with van der Waals surface area (Å²) in [6.45, 7) is 6.36. The highest BCUT2D eigenvalue weighted by Crippen LogP contribution is 2.17. The summed E-state index contributed by atoms with van der Waals surface area (Å²) in [5.41, 5.74) is 3.46. The normalized spacial score (nSPS) is 10.9. The van der Waals surface area contributed by atoms with Gasteiger partial charge in [0.1, 0.15) is 0 Å². The second-order valence-electron chi connectivity index (χ2n) is 4.06. The molecule has 78 valence electrons. The van der Waals surface area contributed by atoms with Crippen LogP contribution in [0.3, 0.4) is 0 Å².